The van der Waals surface area contributed by atoms with Gasteiger partial charge in [-0.25, -0.2) is 4.39 Å². The zero-order valence-corrected chi connectivity index (χ0v) is 12.0. The minimum atomic E-state index is -1.67. The van der Waals surface area contributed by atoms with Crippen molar-refractivity contribution in [2.24, 2.45) is 0 Å². The van der Waals surface area contributed by atoms with Crippen molar-refractivity contribution in [3.05, 3.63) is 35.6 Å². The second-order valence-electron chi connectivity index (χ2n) is 3.89. The number of halogens is 4. The minimum absolute atomic E-state index is 0.289. The number of carbonyl (C=O) groups excluding carboxylic acids is 1. The molecule has 100 valence electrons. The topological polar surface area (TPSA) is 32.3 Å². The van der Waals surface area contributed by atoms with E-state index in [9.17, 15) is 9.18 Å². The van der Waals surface area contributed by atoms with Gasteiger partial charge in [0.05, 0.1) is 0 Å². The van der Waals surface area contributed by atoms with E-state index in [4.69, 9.17) is 34.8 Å². The minimum Gasteiger partial charge on any atom is -0.332 e. The Bertz CT molecular complexity index is 417. The van der Waals surface area contributed by atoms with Gasteiger partial charge in [-0.1, -0.05) is 34.8 Å². The quantitative estimate of drug-likeness (QED) is 0.687. The van der Waals surface area contributed by atoms with E-state index in [1.54, 1.807) is 19.0 Å². The molecule has 0 heterocycles. The van der Waals surface area contributed by atoms with E-state index < -0.39 is 21.7 Å². The normalized spacial score (nSPS) is 13.5. The Labute approximate surface area is 120 Å². The summed E-state index contributed by atoms with van der Waals surface area (Å²) in [7, 11) is 3.33. The van der Waals surface area contributed by atoms with Gasteiger partial charge in [-0.3, -0.25) is 9.69 Å². The van der Waals surface area contributed by atoms with Gasteiger partial charge < -0.3 is 5.32 Å². The van der Waals surface area contributed by atoms with Crippen molar-refractivity contribution >= 4 is 40.7 Å². The van der Waals surface area contributed by atoms with Gasteiger partial charge in [0.15, 0.2) is 0 Å². The Hall–Kier alpha value is -0.550. The molecule has 0 bridgehead atoms. The predicted molar refractivity (Wildman–Crippen MR) is 71.6 cm³/mol. The van der Waals surface area contributed by atoms with Gasteiger partial charge in [0.25, 0.3) is 5.91 Å². The number of nitrogens with one attached hydrogen (secondary N) is 1. The molecule has 0 saturated heterocycles. The number of rotatable bonds is 3. The van der Waals surface area contributed by atoms with Gasteiger partial charge in [-0.15, -0.1) is 0 Å². The fraction of sp³-hybridized carbons (Fsp3) is 0.364. The molecule has 0 aliphatic carbocycles. The molecule has 0 radical (unpaired) electrons. The number of hydrogen-bond acceptors (Lipinski definition) is 2. The van der Waals surface area contributed by atoms with Crippen molar-refractivity contribution < 1.29 is 9.18 Å². The van der Waals surface area contributed by atoms with Crippen LogP contribution in [-0.2, 0) is 0 Å². The number of nitrogens with zero attached hydrogens (tertiary/aromatic N) is 1. The summed E-state index contributed by atoms with van der Waals surface area (Å²) in [6, 6.07) is 5.09. The predicted octanol–water partition coefficient (Wildman–Crippen LogP) is 2.81. The number of hydrogen-bond donors (Lipinski definition) is 1. The lowest BCUT2D eigenvalue weighted by molar-refractivity contribution is 0.0892. The Balaban J connectivity index is 2.82. The summed E-state index contributed by atoms with van der Waals surface area (Å²) in [5.74, 6) is -0.864. The van der Waals surface area contributed by atoms with E-state index in [0.717, 1.165) is 0 Å². The van der Waals surface area contributed by atoms with Gasteiger partial charge in [0.1, 0.15) is 12.0 Å². The van der Waals surface area contributed by atoms with Crippen molar-refractivity contribution in [1.29, 1.82) is 0 Å². The van der Waals surface area contributed by atoms with Gasteiger partial charge in [-0.2, -0.15) is 0 Å². The lowest BCUT2D eigenvalue weighted by Crippen LogP contribution is -2.52. The zero-order valence-electron chi connectivity index (χ0n) is 9.75. The standard InChI is InChI=1S/C11H12Cl3FN2O/c1-17(2)10(11(12,13)14)16-9(18)7-3-5-8(15)6-4-7/h3-6,10H,1-2H3,(H,16,18). The molecule has 1 aromatic rings. The van der Waals surface area contributed by atoms with Crippen LogP contribution in [0.3, 0.4) is 0 Å². The van der Waals surface area contributed by atoms with Crippen LogP contribution in [0.1, 0.15) is 10.4 Å². The molecule has 18 heavy (non-hydrogen) atoms. The average Bonchev–Trinajstić information content (AvgIpc) is 2.24. The highest BCUT2D eigenvalue weighted by molar-refractivity contribution is 6.68. The Morgan fingerprint density at radius 2 is 1.78 bits per heavy atom. The third-order valence-corrected chi connectivity index (χ3v) is 2.82. The average molecular weight is 314 g/mol. The second kappa shape index (κ2) is 6.06. The van der Waals surface area contributed by atoms with Gasteiger partial charge in [-0.05, 0) is 38.4 Å². The van der Waals surface area contributed by atoms with Gasteiger partial charge in [0, 0.05) is 5.56 Å². The van der Waals surface area contributed by atoms with E-state index in [2.05, 4.69) is 5.32 Å². The molecule has 0 saturated carbocycles. The monoisotopic (exact) mass is 312 g/mol. The fourth-order valence-corrected chi connectivity index (χ4v) is 2.06. The molecule has 1 unspecified atom stereocenters. The van der Waals surface area contributed by atoms with Gasteiger partial charge >= 0.3 is 0 Å². The maximum absolute atomic E-state index is 12.7. The first-order valence-electron chi connectivity index (χ1n) is 5.01. The summed E-state index contributed by atoms with van der Waals surface area (Å²) in [4.78, 5) is 13.4. The lowest BCUT2D eigenvalue weighted by Gasteiger charge is -2.31. The van der Waals surface area contributed by atoms with Gasteiger partial charge in [0.2, 0.25) is 3.79 Å². The van der Waals surface area contributed by atoms with E-state index in [1.165, 1.54) is 24.3 Å². The van der Waals surface area contributed by atoms with Crippen molar-refractivity contribution in [2.45, 2.75) is 9.96 Å². The van der Waals surface area contributed by atoms with Crippen LogP contribution in [0.4, 0.5) is 4.39 Å². The van der Waals surface area contributed by atoms with Crippen LogP contribution in [0.15, 0.2) is 24.3 Å². The molecule has 0 aliphatic rings. The number of alkyl halides is 3. The summed E-state index contributed by atoms with van der Waals surface area (Å²) in [6.07, 6.45) is -0.792. The van der Waals surface area contributed by atoms with Crippen molar-refractivity contribution in [2.75, 3.05) is 14.1 Å². The third kappa shape index (κ3) is 4.28. The van der Waals surface area contributed by atoms with Crippen LogP contribution in [0.5, 0.6) is 0 Å². The molecule has 0 fully saturated rings. The molecule has 0 aromatic heterocycles. The number of benzene rings is 1. The first-order chi connectivity index (χ1) is 8.21. The van der Waals surface area contributed by atoms with Crippen LogP contribution in [-0.4, -0.2) is 34.9 Å². The molecule has 0 aliphatic heterocycles. The maximum Gasteiger partial charge on any atom is 0.252 e. The van der Waals surface area contributed by atoms with Crippen molar-refractivity contribution in [3.8, 4) is 0 Å². The summed E-state index contributed by atoms with van der Waals surface area (Å²) < 4.78 is 11.1. The Morgan fingerprint density at radius 1 is 1.28 bits per heavy atom. The molecular formula is C11H12Cl3FN2O. The molecule has 1 N–H and O–H groups in total. The summed E-state index contributed by atoms with van der Waals surface area (Å²) in [5.41, 5.74) is 0.289. The van der Waals surface area contributed by atoms with E-state index >= 15 is 0 Å². The molecule has 1 amide bonds. The highest BCUT2D eigenvalue weighted by Crippen LogP contribution is 2.31. The smallest absolute Gasteiger partial charge is 0.252 e. The summed E-state index contributed by atoms with van der Waals surface area (Å²) >= 11 is 17.3. The maximum atomic E-state index is 12.7. The van der Waals surface area contributed by atoms with Crippen LogP contribution in [0.25, 0.3) is 0 Å². The molecule has 7 heteroatoms. The second-order valence-corrected chi connectivity index (χ2v) is 6.26. The van der Waals surface area contributed by atoms with Crippen LogP contribution < -0.4 is 5.32 Å². The first-order valence-corrected chi connectivity index (χ1v) is 6.15. The van der Waals surface area contributed by atoms with Crippen LogP contribution in [0.2, 0.25) is 0 Å². The van der Waals surface area contributed by atoms with E-state index in [0.29, 0.717) is 0 Å². The van der Waals surface area contributed by atoms with Crippen LogP contribution >= 0.6 is 34.8 Å². The molecular weight excluding hydrogens is 301 g/mol. The van der Waals surface area contributed by atoms with E-state index in [-0.39, 0.29) is 5.56 Å². The van der Waals surface area contributed by atoms with Crippen molar-refractivity contribution in [1.82, 2.24) is 10.2 Å². The molecule has 1 rings (SSSR count). The highest BCUT2D eigenvalue weighted by Gasteiger charge is 2.35. The molecule has 1 aromatic carbocycles. The third-order valence-electron chi connectivity index (χ3n) is 2.20. The fourth-order valence-electron chi connectivity index (χ4n) is 1.31. The SMILES string of the molecule is CN(C)C(NC(=O)c1ccc(F)cc1)C(Cl)(Cl)Cl. The number of carbonyl (C=O) groups is 1. The Morgan fingerprint density at radius 3 is 2.17 bits per heavy atom. The molecule has 3 nitrogen and oxygen atoms in total. The first kappa shape index (κ1) is 15.5. The molecule has 0 spiro atoms. The lowest BCUT2D eigenvalue weighted by atomic mass is 10.2. The summed E-state index contributed by atoms with van der Waals surface area (Å²) in [6.45, 7) is 0. The molecule has 1 atom stereocenters. The number of amides is 1. The summed E-state index contributed by atoms with van der Waals surface area (Å²) in [5, 5.41) is 2.56. The Kier molecular flexibility index (Phi) is 5.22. The largest absolute Gasteiger partial charge is 0.332 e. The van der Waals surface area contributed by atoms with Crippen LogP contribution in [0, 0.1) is 5.82 Å². The zero-order chi connectivity index (χ0) is 13.9. The van der Waals surface area contributed by atoms with Crippen molar-refractivity contribution in [3.63, 3.8) is 0 Å². The van der Waals surface area contributed by atoms with E-state index in [1.807, 2.05) is 0 Å². The highest BCUT2D eigenvalue weighted by atomic mass is 35.6.